The van der Waals surface area contributed by atoms with Gasteiger partial charge in [0.2, 0.25) is 0 Å². The van der Waals surface area contributed by atoms with Crippen molar-refractivity contribution in [2.45, 2.75) is 24.0 Å². The molecule has 7 heteroatoms. The summed E-state index contributed by atoms with van der Waals surface area (Å²) in [6.07, 6.45) is 6.39. The summed E-state index contributed by atoms with van der Waals surface area (Å²) < 4.78 is 1.01. The van der Waals surface area contributed by atoms with Crippen molar-refractivity contribution in [2.24, 2.45) is 0 Å². The van der Waals surface area contributed by atoms with Crippen LogP contribution < -0.4 is 4.90 Å². The number of hydrogen-bond acceptors (Lipinski definition) is 6. The third-order valence-electron chi connectivity index (χ3n) is 4.21. The van der Waals surface area contributed by atoms with E-state index in [0.29, 0.717) is 0 Å². The SMILES string of the molecule is CSc1ncc(Br)c(N2CCC(N3CCSCC3)CC2)n1. The van der Waals surface area contributed by atoms with Gasteiger partial charge in [-0.1, -0.05) is 11.8 Å². The van der Waals surface area contributed by atoms with Crippen molar-refractivity contribution in [3.63, 3.8) is 0 Å². The van der Waals surface area contributed by atoms with E-state index >= 15 is 0 Å². The molecule has 21 heavy (non-hydrogen) atoms. The maximum Gasteiger partial charge on any atom is 0.189 e. The van der Waals surface area contributed by atoms with E-state index in [1.807, 2.05) is 12.5 Å². The number of aromatic nitrogens is 2. The number of halogens is 1. The van der Waals surface area contributed by atoms with E-state index in [2.05, 4.69) is 47.5 Å². The van der Waals surface area contributed by atoms with Crippen LogP contribution in [-0.2, 0) is 0 Å². The predicted octanol–water partition coefficient (Wildman–Crippen LogP) is 2.98. The van der Waals surface area contributed by atoms with Crippen LogP contribution in [0.4, 0.5) is 5.82 Å². The van der Waals surface area contributed by atoms with Crippen LogP contribution in [0.1, 0.15) is 12.8 Å². The fourth-order valence-corrected chi connectivity index (χ4v) is 4.76. The highest BCUT2D eigenvalue weighted by atomic mass is 79.9. The van der Waals surface area contributed by atoms with E-state index in [-0.39, 0.29) is 0 Å². The molecule has 4 nitrogen and oxygen atoms in total. The van der Waals surface area contributed by atoms with Crippen LogP contribution in [0.25, 0.3) is 0 Å². The summed E-state index contributed by atoms with van der Waals surface area (Å²) in [5.74, 6) is 3.66. The van der Waals surface area contributed by atoms with Gasteiger partial charge in [-0.05, 0) is 35.0 Å². The molecule has 2 aliphatic heterocycles. The first-order valence-corrected chi connectivity index (χ1v) is 10.6. The van der Waals surface area contributed by atoms with Crippen LogP contribution in [0.15, 0.2) is 15.8 Å². The van der Waals surface area contributed by atoms with Gasteiger partial charge >= 0.3 is 0 Å². The Balaban J connectivity index is 1.62. The van der Waals surface area contributed by atoms with Crippen molar-refractivity contribution in [2.75, 3.05) is 48.8 Å². The lowest BCUT2D eigenvalue weighted by molar-refractivity contribution is 0.185. The Hall–Kier alpha value is 0.0200. The molecule has 2 saturated heterocycles. The Morgan fingerprint density at radius 2 is 1.95 bits per heavy atom. The highest BCUT2D eigenvalue weighted by Crippen LogP contribution is 2.29. The third-order valence-corrected chi connectivity index (χ3v) is 6.28. The van der Waals surface area contributed by atoms with Gasteiger partial charge in [-0.2, -0.15) is 11.8 Å². The maximum absolute atomic E-state index is 4.67. The lowest BCUT2D eigenvalue weighted by atomic mass is 10.0. The number of rotatable bonds is 3. The van der Waals surface area contributed by atoms with Crippen LogP contribution in [0.5, 0.6) is 0 Å². The first-order chi connectivity index (χ1) is 10.3. The van der Waals surface area contributed by atoms with Gasteiger partial charge in [-0.25, -0.2) is 9.97 Å². The molecule has 1 aromatic heterocycles. The predicted molar refractivity (Wildman–Crippen MR) is 95.6 cm³/mol. The smallest absolute Gasteiger partial charge is 0.189 e. The Kier molecular flexibility index (Phi) is 5.70. The average molecular weight is 389 g/mol. The summed E-state index contributed by atoms with van der Waals surface area (Å²) in [4.78, 5) is 14.1. The highest BCUT2D eigenvalue weighted by Gasteiger charge is 2.27. The third kappa shape index (κ3) is 3.86. The van der Waals surface area contributed by atoms with Gasteiger partial charge < -0.3 is 4.90 Å². The quantitative estimate of drug-likeness (QED) is 0.584. The molecule has 0 aliphatic carbocycles. The van der Waals surface area contributed by atoms with E-state index in [4.69, 9.17) is 0 Å². The molecule has 3 rings (SSSR count). The van der Waals surface area contributed by atoms with E-state index in [1.165, 1.54) is 37.4 Å². The zero-order valence-corrected chi connectivity index (χ0v) is 15.5. The molecular weight excluding hydrogens is 368 g/mol. The van der Waals surface area contributed by atoms with Crippen molar-refractivity contribution >= 4 is 45.3 Å². The average Bonchev–Trinajstić information content (AvgIpc) is 2.56. The second kappa shape index (κ2) is 7.53. The molecule has 0 saturated carbocycles. The molecule has 0 spiro atoms. The number of hydrogen-bond donors (Lipinski definition) is 0. The number of anilines is 1. The first kappa shape index (κ1) is 15.9. The molecule has 0 bridgehead atoms. The molecule has 2 fully saturated rings. The van der Waals surface area contributed by atoms with Crippen molar-refractivity contribution < 1.29 is 0 Å². The van der Waals surface area contributed by atoms with Crippen molar-refractivity contribution in [3.8, 4) is 0 Å². The number of piperidine rings is 1. The summed E-state index contributed by atoms with van der Waals surface area (Å²) in [5, 5.41) is 0.850. The monoisotopic (exact) mass is 388 g/mol. The van der Waals surface area contributed by atoms with Crippen LogP contribution in [0.2, 0.25) is 0 Å². The molecule has 0 atom stereocenters. The molecule has 2 aliphatic rings. The molecule has 0 radical (unpaired) electrons. The lowest BCUT2D eigenvalue weighted by Crippen LogP contribution is -2.48. The standard InChI is InChI=1S/C14H21BrN4S2/c1-20-14-16-10-12(15)13(17-14)19-4-2-11(3-5-19)18-6-8-21-9-7-18/h10-11H,2-9H2,1H3. The van der Waals surface area contributed by atoms with Crippen LogP contribution in [0, 0.1) is 0 Å². The van der Waals surface area contributed by atoms with Gasteiger partial charge in [0, 0.05) is 49.9 Å². The molecule has 0 aromatic carbocycles. The Labute approximate surface area is 143 Å². The number of thioether (sulfide) groups is 2. The summed E-state index contributed by atoms with van der Waals surface area (Å²) >= 11 is 7.29. The summed E-state index contributed by atoms with van der Waals surface area (Å²) in [7, 11) is 0. The minimum absolute atomic E-state index is 0.766. The van der Waals surface area contributed by atoms with E-state index < -0.39 is 0 Å². The molecule has 0 N–H and O–H groups in total. The van der Waals surface area contributed by atoms with E-state index in [1.54, 1.807) is 11.8 Å². The number of nitrogens with zero attached hydrogens (tertiary/aromatic N) is 4. The minimum Gasteiger partial charge on any atom is -0.355 e. The zero-order chi connectivity index (χ0) is 14.7. The van der Waals surface area contributed by atoms with E-state index in [9.17, 15) is 0 Å². The Morgan fingerprint density at radius 3 is 2.62 bits per heavy atom. The van der Waals surface area contributed by atoms with Gasteiger partial charge in [-0.15, -0.1) is 0 Å². The van der Waals surface area contributed by atoms with Crippen molar-refractivity contribution in [1.82, 2.24) is 14.9 Å². The Bertz CT molecular complexity index is 474. The minimum atomic E-state index is 0.766. The van der Waals surface area contributed by atoms with Crippen molar-refractivity contribution in [1.29, 1.82) is 0 Å². The van der Waals surface area contributed by atoms with Gasteiger partial charge in [-0.3, -0.25) is 4.90 Å². The second-order valence-electron chi connectivity index (χ2n) is 5.39. The van der Waals surface area contributed by atoms with Gasteiger partial charge in [0.1, 0.15) is 5.82 Å². The maximum atomic E-state index is 4.67. The van der Waals surface area contributed by atoms with Crippen LogP contribution in [-0.4, -0.2) is 64.9 Å². The fourth-order valence-electron chi connectivity index (χ4n) is 3.05. The van der Waals surface area contributed by atoms with Crippen molar-refractivity contribution in [3.05, 3.63) is 10.7 Å². The van der Waals surface area contributed by atoms with E-state index in [0.717, 1.165) is 34.6 Å². The first-order valence-electron chi connectivity index (χ1n) is 7.41. The van der Waals surface area contributed by atoms with Gasteiger partial charge in [0.05, 0.1) is 4.47 Å². The summed E-state index contributed by atoms with van der Waals surface area (Å²) in [5.41, 5.74) is 0. The van der Waals surface area contributed by atoms with Crippen LogP contribution in [0.3, 0.4) is 0 Å². The normalized spacial score (nSPS) is 21.7. The molecule has 0 unspecified atom stereocenters. The topological polar surface area (TPSA) is 32.3 Å². The second-order valence-corrected chi connectivity index (χ2v) is 8.25. The molecular formula is C14H21BrN4S2. The van der Waals surface area contributed by atoms with Gasteiger partial charge in [0.25, 0.3) is 0 Å². The molecule has 3 heterocycles. The molecule has 0 amide bonds. The summed E-state index contributed by atoms with van der Waals surface area (Å²) in [6.45, 7) is 4.72. The summed E-state index contributed by atoms with van der Waals surface area (Å²) in [6, 6.07) is 0.766. The highest BCUT2D eigenvalue weighted by molar-refractivity contribution is 9.10. The molecule has 1 aromatic rings. The fraction of sp³-hybridized carbons (Fsp3) is 0.714. The Morgan fingerprint density at radius 1 is 1.24 bits per heavy atom. The zero-order valence-electron chi connectivity index (χ0n) is 12.3. The lowest BCUT2D eigenvalue weighted by Gasteiger charge is -2.40. The largest absolute Gasteiger partial charge is 0.355 e. The molecule has 116 valence electrons. The van der Waals surface area contributed by atoms with Gasteiger partial charge in [0.15, 0.2) is 5.16 Å². The van der Waals surface area contributed by atoms with Crippen LogP contribution >= 0.6 is 39.5 Å².